The van der Waals surface area contributed by atoms with Crippen molar-refractivity contribution >= 4 is 9.84 Å². The van der Waals surface area contributed by atoms with Gasteiger partial charge in [0.05, 0.1) is 4.90 Å². The highest BCUT2D eigenvalue weighted by Crippen LogP contribution is 2.08. The molecule has 1 aromatic rings. The Bertz CT molecular complexity index is 338. The predicted octanol–water partition coefficient (Wildman–Crippen LogP) is 1.40. The van der Waals surface area contributed by atoms with Crippen LogP contribution in [0, 0.1) is 6.07 Å². The third kappa shape index (κ3) is 1.68. The lowest BCUT2D eigenvalue weighted by Gasteiger charge is -1.94. The van der Waals surface area contributed by atoms with Gasteiger partial charge >= 0.3 is 0 Å². The molecule has 0 amide bonds. The molecule has 0 N–H and O–H groups in total. The fourth-order valence-electron chi connectivity index (χ4n) is 0.644. The molecule has 0 heterocycles. The van der Waals surface area contributed by atoms with Crippen LogP contribution in [0.5, 0.6) is 0 Å². The summed E-state index contributed by atoms with van der Waals surface area (Å²) >= 11 is 0. The fourth-order valence-corrected chi connectivity index (χ4v) is 1.32. The van der Waals surface area contributed by atoms with E-state index in [9.17, 15) is 8.42 Å². The van der Waals surface area contributed by atoms with Crippen molar-refractivity contribution in [2.75, 3.05) is 0 Å². The zero-order chi connectivity index (χ0) is 8.32. The average Bonchev–Trinajstić information content (AvgIpc) is 2.06. The van der Waals surface area contributed by atoms with Crippen molar-refractivity contribution in [3.63, 3.8) is 0 Å². The van der Waals surface area contributed by atoms with Gasteiger partial charge in [-0.25, -0.2) is 8.42 Å². The van der Waals surface area contributed by atoms with Crippen LogP contribution in [-0.4, -0.2) is 8.42 Å². The van der Waals surface area contributed by atoms with Gasteiger partial charge in [-0.05, 0) is 6.07 Å². The zero-order valence-corrected chi connectivity index (χ0v) is 6.64. The van der Waals surface area contributed by atoms with E-state index in [0.717, 1.165) is 5.41 Å². The summed E-state index contributed by atoms with van der Waals surface area (Å²) in [6, 6.07) is 8.99. The molecule has 0 atom stereocenters. The Labute approximate surface area is 66.1 Å². The summed E-state index contributed by atoms with van der Waals surface area (Å²) in [6.45, 7) is 3.20. The maximum Gasteiger partial charge on any atom is 0.199 e. The maximum atomic E-state index is 11.1. The maximum absolute atomic E-state index is 11.1. The fraction of sp³-hybridized carbons (Fsp3) is 0. The van der Waals surface area contributed by atoms with Gasteiger partial charge in [-0.15, -0.1) is 0 Å². The van der Waals surface area contributed by atoms with E-state index in [1.54, 1.807) is 18.2 Å². The van der Waals surface area contributed by atoms with E-state index in [-0.39, 0.29) is 4.90 Å². The highest BCUT2D eigenvalue weighted by molar-refractivity contribution is 7.94. The minimum atomic E-state index is -3.29. The summed E-state index contributed by atoms with van der Waals surface area (Å²) in [7, 11) is -3.29. The van der Waals surface area contributed by atoms with Crippen LogP contribution in [0.2, 0.25) is 0 Å². The first-order chi connectivity index (χ1) is 5.17. The van der Waals surface area contributed by atoms with Crippen LogP contribution in [0.4, 0.5) is 0 Å². The van der Waals surface area contributed by atoms with Crippen molar-refractivity contribution in [3.05, 3.63) is 42.3 Å². The number of hydrogen-bond donors (Lipinski definition) is 0. The minimum Gasteiger partial charge on any atom is -0.219 e. The van der Waals surface area contributed by atoms with E-state index in [0.29, 0.717) is 0 Å². The molecular formula is C8H7O2S. The van der Waals surface area contributed by atoms with E-state index in [1.165, 1.54) is 6.07 Å². The third-order valence-electron chi connectivity index (χ3n) is 1.21. The molecule has 0 aliphatic rings. The Balaban J connectivity index is 3.24. The highest BCUT2D eigenvalue weighted by Gasteiger charge is 2.06. The quantitative estimate of drug-likeness (QED) is 0.667. The van der Waals surface area contributed by atoms with Crippen LogP contribution >= 0.6 is 0 Å². The van der Waals surface area contributed by atoms with Gasteiger partial charge in [-0.2, -0.15) is 0 Å². The smallest absolute Gasteiger partial charge is 0.199 e. The average molecular weight is 167 g/mol. The Morgan fingerprint density at radius 3 is 2.64 bits per heavy atom. The van der Waals surface area contributed by atoms with Crippen molar-refractivity contribution in [1.82, 2.24) is 0 Å². The molecule has 0 saturated carbocycles. The first-order valence-electron chi connectivity index (χ1n) is 3.01. The lowest BCUT2D eigenvalue weighted by atomic mass is 10.4. The molecule has 1 radical (unpaired) electrons. The second-order valence-corrected chi connectivity index (χ2v) is 3.80. The van der Waals surface area contributed by atoms with E-state index in [4.69, 9.17) is 0 Å². The monoisotopic (exact) mass is 167 g/mol. The Kier molecular flexibility index (Phi) is 2.10. The molecule has 1 aromatic carbocycles. The molecule has 0 aliphatic carbocycles. The Morgan fingerprint density at radius 1 is 1.45 bits per heavy atom. The third-order valence-corrected chi connectivity index (χ3v) is 2.51. The van der Waals surface area contributed by atoms with Crippen LogP contribution < -0.4 is 0 Å². The molecular weight excluding hydrogens is 160 g/mol. The van der Waals surface area contributed by atoms with Crippen molar-refractivity contribution < 1.29 is 8.42 Å². The lowest BCUT2D eigenvalue weighted by molar-refractivity contribution is 0.604. The second-order valence-electron chi connectivity index (χ2n) is 1.94. The van der Waals surface area contributed by atoms with Crippen molar-refractivity contribution in [3.8, 4) is 0 Å². The van der Waals surface area contributed by atoms with Crippen molar-refractivity contribution in [2.24, 2.45) is 0 Å². The minimum absolute atomic E-state index is 0.162. The van der Waals surface area contributed by atoms with Gasteiger partial charge in [0.15, 0.2) is 9.84 Å². The molecule has 57 valence electrons. The van der Waals surface area contributed by atoms with E-state index in [1.807, 2.05) is 0 Å². The van der Waals surface area contributed by atoms with Gasteiger partial charge in [-0.3, -0.25) is 0 Å². The van der Waals surface area contributed by atoms with Gasteiger partial charge in [0.2, 0.25) is 0 Å². The normalized spacial score (nSPS) is 10.9. The zero-order valence-electron chi connectivity index (χ0n) is 5.82. The standard InChI is InChI=1S/C8H7O2S/c1-2-11(9,10)8-6-4-3-5-7-8/h2-6H,1H2. The van der Waals surface area contributed by atoms with Crippen molar-refractivity contribution in [2.45, 2.75) is 4.90 Å². The molecule has 0 aliphatic heterocycles. The van der Waals surface area contributed by atoms with Gasteiger partial charge in [0, 0.05) is 11.5 Å². The summed E-state index contributed by atoms with van der Waals surface area (Å²) in [5.74, 6) is 0. The highest BCUT2D eigenvalue weighted by atomic mass is 32.2. The van der Waals surface area contributed by atoms with Crippen LogP contribution in [0.25, 0.3) is 0 Å². The largest absolute Gasteiger partial charge is 0.219 e. The summed E-state index contributed by atoms with van der Waals surface area (Å²) in [5, 5.41) is 0.916. The molecule has 0 spiro atoms. The summed E-state index contributed by atoms with van der Waals surface area (Å²) < 4.78 is 22.1. The number of sulfone groups is 1. The molecule has 0 bridgehead atoms. The number of benzene rings is 1. The molecule has 0 fully saturated rings. The van der Waals surface area contributed by atoms with Gasteiger partial charge in [0.25, 0.3) is 0 Å². The summed E-state index contributed by atoms with van der Waals surface area (Å²) in [6.07, 6.45) is 0. The van der Waals surface area contributed by atoms with E-state index < -0.39 is 9.84 Å². The molecule has 3 heteroatoms. The SMILES string of the molecule is C=CS(=O)(=O)c1[c]cccc1. The second kappa shape index (κ2) is 2.88. The predicted molar refractivity (Wildman–Crippen MR) is 42.7 cm³/mol. The summed E-state index contributed by atoms with van der Waals surface area (Å²) in [5.41, 5.74) is 0. The molecule has 0 unspecified atom stereocenters. The molecule has 1 rings (SSSR count). The summed E-state index contributed by atoms with van der Waals surface area (Å²) in [4.78, 5) is 0.162. The number of rotatable bonds is 2. The number of hydrogen-bond acceptors (Lipinski definition) is 2. The first kappa shape index (κ1) is 8.01. The van der Waals surface area contributed by atoms with Gasteiger partial charge in [-0.1, -0.05) is 24.8 Å². The van der Waals surface area contributed by atoms with Gasteiger partial charge < -0.3 is 0 Å². The van der Waals surface area contributed by atoms with Crippen LogP contribution in [0.3, 0.4) is 0 Å². The Hall–Kier alpha value is -1.09. The topological polar surface area (TPSA) is 34.1 Å². The van der Waals surface area contributed by atoms with Crippen molar-refractivity contribution in [1.29, 1.82) is 0 Å². The molecule has 11 heavy (non-hydrogen) atoms. The first-order valence-corrected chi connectivity index (χ1v) is 4.56. The van der Waals surface area contributed by atoms with E-state index in [2.05, 4.69) is 12.6 Å². The molecule has 2 nitrogen and oxygen atoms in total. The van der Waals surface area contributed by atoms with Crippen LogP contribution in [0.1, 0.15) is 0 Å². The van der Waals surface area contributed by atoms with Crippen LogP contribution in [-0.2, 0) is 9.84 Å². The molecule has 0 aromatic heterocycles. The van der Waals surface area contributed by atoms with Crippen LogP contribution in [0.15, 0.2) is 41.1 Å². The lowest BCUT2D eigenvalue weighted by Crippen LogP contribution is -1.94. The van der Waals surface area contributed by atoms with E-state index >= 15 is 0 Å². The Morgan fingerprint density at radius 2 is 2.18 bits per heavy atom. The van der Waals surface area contributed by atoms with Gasteiger partial charge in [0.1, 0.15) is 0 Å². The molecule has 0 saturated heterocycles.